The number of alkyl halides is 3. The first-order valence-corrected chi connectivity index (χ1v) is 12.6. The van der Waals surface area contributed by atoms with Crippen molar-refractivity contribution in [2.75, 3.05) is 31.5 Å². The fourth-order valence-corrected chi connectivity index (χ4v) is 4.21. The van der Waals surface area contributed by atoms with Gasteiger partial charge in [-0.05, 0) is 57.1 Å². The molecule has 0 aliphatic carbocycles. The Balaban J connectivity index is 2.06. The van der Waals surface area contributed by atoms with Gasteiger partial charge in [0.15, 0.2) is 0 Å². The minimum absolute atomic E-state index is 0.265. The molecule has 6 nitrogen and oxygen atoms in total. The molecule has 3 rings (SSSR count). The number of nitrogens with zero attached hydrogens (tertiary/aromatic N) is 5. The highest BCUT2D eigenvalue weighted by Gasteiger charge is 2.31. The van der Waals surface area contributed by atoms with Crippen molar-refractivity contribution in [3.05, 3.63) is 71.7 Å². The summed E-state index contributed by atoms with van der Waals surface area (Å²) in [6.45, 7) is 13.4. The summed E-state index contributed by atoms with van der Waals surface area (Å²) in [4.78, 5) is 11.4. The summed E-state index contributed by atoms with van der Waals surface area (Å²) in [5, 5.41) is 8.04. The molecule has 0 saturated heterocycles. The van der Waals surface area contributed by atoms with Crippen LogP contribution in [0, 0.1) is 0 Å². The number of hydrogen-bond donors (Lipinski definition) is 1. The summed E-state index contributed by atoms with van der Waals surface area (Å²) in [5.74, 6) is 0.431. The summed E-state index contributed by atoms with van der Waals surface area (Å²) in [7, 11) is 0. The second-order valence-corrected chi connectivity index (χ2v) is 9.03. The van der Waals surface area contributed by atoms with Gasteiger partial charge >= 0.3 is 6.18 Å². The van der Waals surface area contributed by atoms with E-state index in [9.17, 15) is 13.2 Å². The SMILES string of the molecule is C=C(Cl)/C=C(\C=C/C)c1nn2cc(C(F)(F)F)ccc2c1-c1ccnc(NCCN(CCC)CCC)n1. The Hall–Kier alpha value is -3.17. The van der Waals surface area contributed by atoms with Crippen LogP contribution >= 0.6 is 11.6 Å². The van der Waals surface area contributed by atoms with Gasteiger partial charge in [0.05, 0.1) is 22.3 Å². The standard InChI is InChI=1S/C27H32ClF3N6/c1-5-8-20(17-19(4)28)25-24(23-10-9-21(27(29,30)31)18-37(23)35-25)22-11-12-32-26(34-22)33-13-16-36(14-6-2)15-7-3/h5,8-12,17-18H,4,6-7,13-16H2,1-3H3,(H,32,33,34)/b8-5-,20-17+. The molecule has 37 heavy (non-hydrogen) atoms. The molecule has 1 N–H and O–H groups in total. The van der Waals surface area contributed by atoms with Gasteiger partial charge in [0.1, 0.15) is 5.69 Å². The van der Waals surface area contributed by atoms with E-state index in [1.54, 1.807) is 30.5 Å². The summed E-state index contributed by atoms with van der Waals surface area (Å²) >= 11 is 6.07. The lowest BCUT2D eigenvalue weighted by atomic mass is 10.0. The smallest absolute Gasteiger partial charge is 0.353 e. The number of pyridine rings is 1. The Kier molecular flexibility index (Phi) is 9.88. The molecule has 0 amide bonds. The van der Waals surface area contributed by atoms with E-state index in [1.807, 2.05) is 6.92 Å². The van der Waals surface area contributed by atoms with E-state index >= 15 is 0 Å². The van der Waals surface area contributed by atoms with Gasteiger partial charge in [-0.25, -0.2) is 14.5 Å². The topological polar surface area (TPSA) is 58.4 Å². The molecule has 0 fully saturated rings. The average Bonchev–Trinajstić information content (AvgIpc) is 3.22. The molecule has 3 aromatic rings. The third-order valence-corrected chi connectivity index (χ3v) is 5.70. The van der Waals surface area contributed by atoms with E-state index in [2.05, 4.69) is 45.7 Å². The van der Waals surface area contributed by atoms with Crippen molar-refractivity contribution in [1.29, 1.82) is 0 Å². The summed E-state index contributed by atoms with van der Waals surface area (Å²) in [5.41, 5.74) is 1.79. The van der Waals surface area contributed by atoms with Crippen molar-refractivity contribution < 1.29 is 13.2 Å². The van der Waals surface area contributed by atoms with Crippen LogP contribution in [-0.4, -0.2) is 50.7 Å². The number of nitrogens with one attached hydrogen (secondary N) is 1. The molecule has 0 aliphatic heterocycles. The summed E-state index contributed by atoms with van der Waals surface area (Å²) in [6.07, 6.45) is 5.45. The van der Waals surface area contributed by atoms with Crippen LogP contribution in [0.2, 0.25) is 0 Å². The van der Waals surface area contributed by atoms with Gasteiger partial charge in [-0.1, -0.05) is 44.2 Å². The van der Waals surface area contributed by atoms with Gasteiger partial charge in [0.25, 0.3) is 0 Å². The van der Waals surface area contributed by atoms with Crippen LogP contribution < -0.4 is 5.32 Å². The van der Waals surface area contributed by atoms with Gasteiger partial charge < -0.3 is 10.2 Å². The van der Waals surface area contributed by atoms with Crippen LogP contribution in [0.5, 0.6) is 0 Å². The summed E-state index contributed by atoms with van der Waals surface area (Å²) < 4.78 is 41.4. The minimum Gasteiger partial charge on any atom is -0.353 e. The zero-order valence-corrected chi connectivity index (χ0v) is 22.1. The molecular weight excluding hydrogens is 501 g/mol. The Morgan fingerprint density at radius 2 is 1.89 bits per heavy atom. The van der Waals surface area contributed by atoms with Crippen molar-refractivity contribution in [3.8, 4) is 11.3 Å². The van der Waals surface area contributed by atoms with Crippen LogP contribution in [0.15, 0.2) is 60.4 Å². The number of rotatable bonds is 12. The second-order valence-electron chi connectivity index (χ2n) is 8.55. The highest BCUT2D eigenvalue weighted by atomic mass is 35.5. The first kappa shape index (κ1) is 28.4. The Bertz CT molecular complexity index is 1270. The van der Waals surface area contributed by atoms with Crippen LogP contribution in [0.25, 0.3) is 22.3 Å². The molecular formula is C27H32ClF3N6. The average molecular weight is 533 g/mol. The van der Waals surface area contributed by atoms with Gasteiger partial charge in [0, 0.05) is 36.1 Å². The molecule has 10 heteroatoms. The van der Waals surface area contributed by atoms with Crippen molar-refractivity contribution in [2.24, 2.45) is 0 Å². The zero-order valence-electron chi connectivity index (χ0n) is 21.3. The number of anilines is 1. The Labute approximate surface area is 220 Å². The normalized spacial score (nSPS) is 12.7. The molecule has 0 spiro atoms. The lowest BCUT2D eigenvalue weighted by Gasteiger charge is -2.20. The zero-order chi connectivity index (χ0) is 27.0. The van der Waals surface area contributed by atoms with Crippen LogP contribution in [-0.2, 0) is 6.18 Å². The van der Waals surface area contributed by atoms with Crippen LogP contribution in [0.3, 0.4) is 0 Å². The van der Waals surface area contributed by atoms with Crippen molar-refractivity contribution >= 4 is 28.6 Å². The van der Waals surface area contributed by atoms with E-state index in [0.717, 1.165) is 44.7 Å². The van der Waals surface area contributed by atoms with E-state index in [1.165, 1.54) is 10.6 Å². The lowest BCUT2D eigenvalue weighted by Crippen LogP contribution is -2.30. The highest BCUT2D eigenvalue weighted by Crippen LogP contribution is 2.35. The van der Waals surface area contributed by atoms with Crippen LogP contribution in [0.4, 0.5) is 19.1 Å². The quantitative estimate of drug-likeness (QED) is 0.253. The first-order valence-electron chi connectivity index (χ1n) is 12.3. The monoisotopic (exact) mass is 532 g/mol. The van der Waals surface area contributed by atoms with Crippen molar-refractivity contribution in [3.63, 3.8) is 0 Å². The van der Waals surface area contributed by atoms with Crippen molar-refractivity contribution in [1.82, 2.24) is 24.5 Å². The Morgan fingerprint density at radius 1 is 1.16 bits per heavy atom. The predicted octanol–water partition coefficient (Wildman–Crippen LogP) is 7.06. The van der Waals surface area contributed by atoms with Gasteiger partial charge in [0.2, 0.25) is 5.95 Å². The van der Waals surface area contributed by atoms with E-state index in [-0.39, 0.29) is 5.03 Å². The molecule has 0 saturated carbocycles. The fraction of sp³-hybridized carbons (Fsp3) is 0.370. The van der Waals surface area contributed by atoms with E-state index in [4.69, 9.17) is 11.6 Å². The van der Waals surface area contributed by atoms with Gasteiger partial charge in [-0.3, -0.25) is 0 Å². The van der Waals surface area contributed by atoms with Gasteiger partial charge in [-0.15, -0.1) is 0 Å². The molecule has 0 atom stereocenters. The first-order chi connectivity index (χ1) is 17.7. The minimum atomic E-state index is -4.50. The molecule has 3 heterocycles. The maximum absolute atomic E-state index is 13.4. The third-order valence-electron chi connectivity index (χ3n) is 5.59. The largest absolute Gasteiger partial charge is 0.417 e. The predicted molar refractivity (Wildman–Crippen MR) is 145 cm³/mol. The number of allylic oxidation sites excluding steroid dienone is 5. The summed E-state index contributed by atoms with van der Waals surface area (Å²) in [6, 6.07) is 4.16. The molecule has 198 valence electrons. The highest BCUT2D eigenvalue weighted by molar-refractivity contribution is 6.31. The van der Waals surface area contributed by atoms with E-state index in [0.29, 0.717) is 40.5 Å². The maximum Gasteiger partial charge on any atom is 0.417 e. The lowest BCUT2D eigenvalue weighted by molar-refractivity contribution is -0.137. The third kappa shape index (κ3) is 7.42. The number of aromatic nitrogens is 4. The van der Waals surface area contributed by atoms with Crippen LogP contribution in [0.1, 0.15) is 44.9 Å². The number of fused-ring (bicyclic) bond motifs is 1. The number of hydrogen-bond acceptors (Lipinski definition) is 5. The second kappa shape index (κ2) is 12.9. The number of halogens is 4. The fourth-order valence-electron chi connectivity index (χ4n) is 4.09. The molecule has 0 bridgehead atoms. The molecule has 0 aliphatic rings. The Morgan fingerprint density at radius 3 is 2.51 bits per heavy atom. The molecule has 3 aromatic heterocycles. The van der Waals surface area contributed by atoms with Crippen molar-refractivity contribution in [2.45, 2.75) is 39.8 Å². The van der Waals surface area contributed by atoms with E-state index < -0.39 is 11.7 Å². The molecule has 0 radical (unpaired) electrons. The maximum atomic E-state index is 13.4. The molecule has 0 unspecified atom stereocenters. The van der Waals surface area contributed by atoms with Gasteiger partial charge in [-0.2, -0.15) is 18.3 Å². The molecule has 0 aromatic carbocycles.